The Morgan fingerprint density at radius 1 is 1.32 bits per heavy atom. The average molecular weight is 306 g/mol. The molecule has 0 unspecified atom stereocenters. The van der Waals surface area contributed by atoms with Crippen molar-refractivity contribution in [1.82, 2.24) is 15.6 Å². The number of rotatable bonds is 7. The third-order valence-electron chi connectivity index (χ3n) is 2.97. The molecule has 1 aromatic rings. The Morgan fingerprint density at radius 2 is 1.95 bits per heavy atom. The number of guanidine groups is 1. The summed E-state index contributed by atoms with van der Waals surface area (Å²) in [5.74, 6) is 4.62. The summed E-state index contributed by atoms with van der Waals surface area (Å²) in [6.07, 6.45) is 0.943. The van der Waals surface area contributed by atoms with Gasteiger partial charge in [0.15, 0.2) is 5.96 Å². The van der Waals surface area contributed by atoms with Crippen molar-refractivity contribution in [3.63, 3.8) is 0 Å². The monoisotopic (exact) mass is 306 g/mol. The van der Waals surface area contributed by atoms with Crippen molar-refractivity contribution in [1.29, 1.82) is 5.41 Å². The number of carbonyl (C=O) groups excluding carboxylic acids is 2. The van der Waals surface area contributed by atoms with Crippen molar-refractivity contribution < 1.29 is 9.59 Å². The molecule has 0 saturated heterocycles. The zero-order chi connectivity index (χ0) is 16.5. The number of amides is 2. The van der Waals surface area contributed by atoms with Gasteiger partial charge in [0.2, 0.25) is 0 Å². The number of carbonyl (C=O) groups is 2. The van der Waals surface area contributed by atoms with Crippen molar-refractivity contribution in [2.45, 2.75) is 18.9 Å². The molecule has 0 radical (unpaired) electrons. The van der Waals surface area contributed by atoms with E-state index in [-0.39, 0.29) is 17.8 Å². The molecule has 2 amide bonds. The van der Waals surface area contributed by atoms with E-state index in [2.05, 4.69) is 10.6 Å². The summed E-state index contributed by atoms with van der Waals surface area (Å²) in [5.41, 5.74) is 5.66. The van der Waals surface area contributed by atoms with Crippen LogP contribution in [0.15, 0.2) is 30.3 Å². The number of hydrogen-bond acceptors (Lipinski definition) is 4. The fourth-order valence-corrected chi connectivity index (χ4v) is 1.86. The van der Waals surface area contributed by atoms with E-state index in [1.54, 1.807) is 30.3 Å². The molecule has 8 nitrogen and oxygen atoms in total. The van der Waals surface area contributed by atoms with Gasteiger partial charge in [-0.25, -0.2) is 5.84 Å². The van der Waals surface area contributed by atoms with E-state index in [0.29, 0.717) is 24.9 Å². The molecule has 1 rings (SSSR count). The maximum absolute atomic E-state index is 12.1. The molecule has 22 heavy (non-hydrogen) atoms. The van der Waals surface area contributed by atoms with Crippen molar-refractivity contribution >= 4 is 17.8 Å². The number of nitrogens with two attached hydrogens (primary N) is 2. The summed E-state index contributed by atoms with van der Waals surface area (Å²) >= 11 is 0. The summed E-state index contributed by atoms with van der Waals surface area (Å²) in [5, 5.41) is 13.3. The number of nitrogens with one attached hydrogen (secondary N) is 3. The van der Waals surface area contributed by atoms with E-state index in [0.717, 1.165) is 5.01 Å². The molecule has 0 aliphatic rings. The number of hydrazine groups is 1. The Hall–Kier alpha value is -2.61. The normalized spacial score (nSPS) is 11.4. The summed E-state index contributed by atoms with van der Waals surface area (Å²) in [7, 11) is 1.43. The van der Waals surface area contributed by atoms with Crippen LogP contribution < -0.4 is 22.2 Å². The Kier molecular flexibility index (Phi) is 6.84. The van der Waals surface area contributed by atoms with E-state index >= 15 is 0 Å². The highest BCUT2D eigenvalue weighted by atomic mass is 16.2. The summed E-state index contributed by atoms with van der Waals surface area (Å²) in [4.78, 5) is 24.2. The van der Waals surface area contributed by atoms with Crippen molar-refractivity contribution in [2.24, 2.45) is 11.6 Å². The third kappa shape index (κ3) is 5.80. The molecule has 0 heterocycles. The van der Waals surface area contributed by atoms with Gasteiger partial charge < -0.3 is 16.4 Å². The molecule has 1 aromatic carbocycles. The Morgan fingerprint density at radius 3 is 2.50 bits per heavy atom. The van der Waals surface area contributed by atoms with Gasteiger partial charge in [0, 0.05) is 19.2 Å². The van der Waals surface area contributed by atoms with Crippen LogP contribution in [-0.4, -0.2) is 42.4 Å². The van der Waals surface area contributed by atoms with Gasteiger partial charge in [-0.2, -0.15) is 0 Å². The topological polar surface area (TPSA) is 137 Å². The lowest BCUT2D eigenvalue weighted by Gasteiger charge is -2.21. The predicted octanol–water partition coefficient (Wildman–Crippen LogP) is -0.620. The van der Waals surface area contributed by atoms with Gasteiger partial charge in [-0.1, -0.05) is 18.2 Å². The second-order valence-electron chi connectivity index (χ2n) is 4.82. The van der Waals surface area contributed by atoms with Crippen LogP contribution in [0.2, 0.25) is 0 Å². The van der Waals surface area contributed by atoms with Gasteiger partial charge in [0.1, 0.15) is 6.04 Å². The van der Waals surface area contributed by atoms with Crippen LogP contribution in [0.5, 0.6) is 0 Å². The van der Waals surface area contributed by atoms with Gasteiger partial charge in [0.25, 0.3) is 11.8 Å². The molecule has 0 aliphatic carbocycles. The maximum atomic E-state index is 12.1. The highest BCUT2D eigenvalue weighted by Gasteiger charge is 2.22. The Labute approximate surface area is 129 Å². The molecule has 0 aromatic heterocycles. The van der Waals surface area contributed by atoms with Crippen molar-refractivity contribution in [3.05, 3.63) is 35.9 Å². The quantitative estimate of drug-likeness (QED) is 0.114. The molecule has 7 N–H and O–H groups in total. The second-order valence-corrected chi connectivity index (χ2v) is 4.82. The lowest BCUT2D eigenvalue weighted by Crippen LogP contribution is -2.49. The number of hydrogen-bond donors (Lipinski definition) is 5. The minimum Gasteiger partial charge on any atom is -0.370 e. The lowest BCUT2D eigenvalue weighted by molar-refractivity contribution is -0.132. The van der Waals surface area contributed by atoms with E-state index in [4.69, 9.17) is 17.0 Å². The Bertz CT molecular complexity index is 517. The first-order chi connectivity index (χ1) is 10.4. The zero-order valence-electron chi connectivity index (χ0n) is 12.5. The first-order valence-electron chi connectivity index (χ1n) is 6.88. The smallest absolute Gasteiger partial charge is 0.258 e. The minimum absolute atomic E-state index is 0.132. The molecular formula is C14H22N6O2. The number of nitrogens with zero attached hydrogens (tertiary/aromatic N) is 1. The van der Waals surface area contributed by atoms with Gasteiger partial charge >= 0.3 is 0 Å². The summed E-state index contributed by atoms with van der Waals surface area (Å²) in [6, 6.07) is 7.91. The molecule has 0 spiro atoms. The second kappa shape index (κ2) is 8.63. The molecule has 1 atom stereocenters. The van der Waals surface area contributed by atoms with Crippen LogP contribution in [0.4, 0.5) is 0 Å². The van der Waals surface area contributed by atoms with E-state index in [1.807, 2.05) is 0 Å². The number of likely N-dealkylation sites (N-methyl/N-ethyl adjacent to an activating group) is 1. The zero-order valence-corrected chi connectivity index (χ0v) is 12.5. The highest BCUT2D eigenvalue weighted by Crippen LogP contribution is 2.04. The molecule has 0 fully saturated rings. The van der Waals surface area contributed by atoms with Crippen LogP contribution in [0, 0.1) is 5.41 Å². The van der Waals surface area contributed by atoms with Crippen LogP contribution in [0.1, 0.15) is 23.2 Å². The molecule has 120 valence electrons. The lowest BCUT2D eigenvalue weighted by atomic mass is 10.1. The average Bonchev–Trinajstić information content (AvgIpc) is 2.49. The first kappa shape index (κ1) is 17.4. The summed E-state index contributed by atoms with van der Waals surface area (Å²) < 4.78 is 0. The number of benzene rings is 1. The molecule has 0 saturated carbocycles. The van der Waals surface area contributed by atoms with E-state index in [9.17, 15) is 9.59 Å². The van der Waals surface area contributed by atoms with Gasteiger partial charge in [-0.05, 0) is 25.0 Å². The van der Waals surface area contributed by atoms with Crippen LogP contribution in [0.25, 0.3) is 0 Å². The highest BCUT2D eigenvalue weighted by molar-refractivity contribution is 5.97. The SMILES string of the molecule is CN(N)C(=O)[C@H](CCCNC(=N)N)NC(=O)c1ccccc1. The molecular weight excluding hydrogens is 284 g/mol. The molecule has 8 heteroatoms. The van der Waals surface area contributed by atoms with Gasteiger partial charge in [-0.15, -0.1) is 0 Å². The van der Waals surface area contributed by atoms with Gasteiger partial charge in [-0.3, -0.25) is 20.0 Å². The first-order valence-corrected chi connectivity index (χ1v) is 6.88. The van der Waals surface area contributed by atoms with Crippen LogP contribution >= 0.6 is 0 Å². The predicted molar refractivity (Wildman–Crippen MR) is 83.8 cm³/mol. The largest absolute Gasteiger partial charge is 0.370 e. The van der Waals surface area contributed by atoms with Crippen LogP contribution in [-0.2, 0) is 4.79 Å². The maximum Gasteiger partial charge on any atom is 0.258 e. The third-order valence-corrected chi connectivity index (χ3v) is 2.97. The van der Waals surface area contributed by atoms with Crippen LogP contribution in [0.3, 0.4) is 0 Å². The Balaban J connectivity index is 2.63. The fourth-order valence-electron chi connectivity index (χ4n) is 1.86. The van der Waals surface area contributed by atoms with Gasteiger partial charge in [0.05, 0.1) is 0 Å². The van der Waals surface area contributed by atoms with E-state index < -0.39 is 6.04 Å². The van der Waals surface area contributed by atoms with E-state index in [1.165, 1.54) is 7.05 Å². The summed E-state index contributed by atoms with van der Waals surface area (Å²) in [6.45, 7) is 0.439. The van der Waals surface area contributed by atoms with Crippen molar-refractivity contribution in [3.8, 4) is 0 Å². The molecule has 0 aliphatic heterocycles. The minimum atomic E-state index is -0.725. The fraction of sp³-hybridized carbons (Fsp3) is 0.357. The standard InChI is InChI=1S/C14H22N6O2/c1-20(17)13(22)11(8-5-9-18-14(15)16)19-12(21)10-6-3-2-4-7-10/h2-4,6-7,11H,5,8-9,17H2,1H3,(H,19,21)(H4,15,16,18)/t11-/m0/s1. The molecule has 0 bridgehead atoms. The van der Waals surface area contributed by atoms with Crippen molar-refractivity contribution in [2.75, 3.05) is 13.6 Å².